The maximum absolute atomic E-state index is 11.9. The molecule has 3 atom stereocenters. The minimum Gasteiger partial charge on any atom is -0.481 e. The van der Waals surface area contributed by atoms with Gasteiger partial charge in [-0.25, -0.2) is 4.79 Å². The number of carboxylic acid groups (broad SMARTS) is 1. The molecule has 1 aliphatic rings. The van der Waals surface area contributed by atoms with Crippen molar-refractivity contribution < 1.29 is 39.2 Å². The number of rotatable bonds is 5. The summed E-state index contributed by atoms with van der Waals surface area (Å²) in [7, 11) is 0. The normalized spacial score (nSPS) is 26.8. The van der Waals surface area contributed by atoms with Crippen molar-refractivity contribution in [3.8, 4) is 0 Å². The Kier molecular flexibility index (Phi) is 12.2. The Labute approximate surface area is 165 Å². The molecule has 0 bridgehead atoms. The highest BCUT2D eigenvalue weighted by atomic mass is 16.6. The second kappa shape index (κ2) is 14.1. The highest BCUT2D eigenvalue weighted by Crippen LogP contribution is 2.17. The number of aliphatic hydroxyl groups is 2. The standard InChI is InChI=1S/C20H32O8/c21-14-15-8-6-4-2-1-3-5-7-9-17(16(22)10-12-19(25)27-15)28-20(26)13-11-18(23)24/h10,12,15-17,21-22H,1-9,11,13-14H2,(H,23,24)/b12-10-/t15-,16+,17-/m0/s1. The molecule has 0 amide bonds. The van der Waals surface area contributed by atoms with E-state index in [-0.39, 0.29) is 19.4 Å². The van der Waals surface area contributed by atoms with Crippen molar-refractivity contribution in [2.45, 2.75) is 88.9 Å². The molecule has 8 nitrogen and oxygen atoms in total. The van der Waals surface area contributed by atoms with Crippen LogP contribution in [0.2, 0.25) is 0 Å². The zero-order valence-electron chi connectivity index (χ0n) is 16.3. The maximum atomic E-state index is 11.9. The Bertz CT molecular complexity index is 516. The third-order valence-corrected chi connectivity index (χ3v) is 4.64. The van der Waals surface area contributed by atoms with Gasteiger partial charge in [0.2, 0.25) is 0 Å². The molecule has 0 spiro atoms. The van der Waals surface area contributed by atoms with Gasteiger partial charge in [0.05, 0.1) is 19.4 Å². The minimum atomic E-state index is -1.21. The van der Waals surface area contributed by atoms with Crippen molar-refractivity contribution in [3.05, 3.63) is 12.2 Å². The molecule has 0 fully saturated rings. The van der Waals surface area contributed by atoms with E-state index in [9.17, 15) is 24.6 Å². The zero-order valence-corrected chi connectivity index (χ0v) is 16.3. The first-order valence-electron chi connectivity index (χ1n) is 10.0. The summed E-state index contributed by atoms with van der Waals surface area (Å²) in [4.78, 5) is 34.3. The van der Waals surface area contributed by atoms with E-state index in [0.717, 1.165) is 51.0 Å². The largest absolute Gasteiger partial charge is 0.481 e. The summed E-state index contributed by atoms with van der Waals surface area (Å²) in [6.07, 6.45) is 6.73. The molecule has 0 aromatic carbocycles. The lowest BCUT2D eigenvalue weighted by atomic mass is 10.0. The molecule has 1 rings (SSSR count). The fraction of sp³-hybridized carbons (Fsp3) is 0.750. The SMILES string of the molecule is O=C(O)CCC(=O)O[C@H]1CCCCCCCCC[C@@H](CO)OC(=O)/C=C\[C@H]1O. The number of carbonyl (C=O) groups is 3. The Morgan fingerprint density at radius 2 is 1.64 bits per heavy atom. The molecular weight excluding hydrogens is 368 g/mol. The zero-order chi connectivity index (χ0) is 20.8. The van der Waals surface area contributed by atoms with Crippen molar-refractivity contribution in [1.82, 2.24) is 0 Å². The van der Waals surface area contributed by atoms with Crippen LogP contribution in [0.25, 0.3) is 0 Å². The molecule has 0 aromatic rings. The van der Waals surface area contributed by atoms with Gasteiger partial charge in [-0.3, -0.25) is 9.59 Å². The molecule has 0 saturated carbocycles. The van der Waals surface area contributed by atoms with Crippen LogP contribution < -0.4 is 0 Å². The number of carbonyl (C=O) groups excluding carboxylic acids is 2. The highest BCUT2D eigenvalue weighted by molar-refractivity contribution is 5.82. The maximum Gasteiger partial charge on any atom is 0.330 e. The van der Waals surface area contributed by atoms with Crippen molar-refractivity contribution in [2.75, 3.05) is 6.61 Å². The second-order valence-electron chi connectivity index (χ2n) is 7.07. The molecule has 0 saturated heterocycles. The molecular formula is C20H32O8. The number of esters is 2. The summed E-state index contributed by atoms with van der Waals surface area (Å²) in [5.41, 5.74) is 0. The van der Waals surface area contributed by atoms with E-state index in [4.69, 9.17) is 14.6 Å². The van der Waals surface area contributed by atoms with E-state index in [1.54, 1.807) is 0 Å². The quantitative estimate of drug-likeness (QED) is 0.598. The van der Waals surface area contributed by atoms with Gasteiger partial charge in [0.25, 0.3) is 0 Å². The molecule has 160 valence electrons. The van der Waals surface area contributed by atoms with Gasteiger partial charge in [0.15, 0.2) is 0 Å². The monoisotopic (exact) mass is 400 g/mol. The number of aliphatic hydroxyl groups excluding tert-OH is 2. The van der Waals surface area contributed by atoms with Gasteiger partial charge < -0.3 is 24.8 Å². The van der Waals surface area contributed by atoms with Crippen molar-refractivity contribution in [3.63, 3.8) is 0 Å². The van der Waals surface area contributed by atoms with Gasteiger partial charge in [-0.2, -0.15) is 0 Å². The van der Waals surface area contributed by atoms with E-state index in [1.807, 2.05) is 0 Å². The van der Waals surface area contributed by atoms with E-state index >= 15 is 0 Å². The van der Waals surface area contributed by atoms with Gasteiger partial charge in [0, 0.05) is 6.08 Å². The molecule has 3 N–H and O–H groups in total. The topological polar surface area (TPSA) is 130 Å². The first kappa shape index (κ1) is 24.1. The van der Waals surface area contributed by atoms with Crippen molar-refractivity contribution >= 4 is 17.9 Å². The highest BCUT2D eigenvalue weighted by Gasteiger charge is 2.22. The minimum absolute atomic E-state index is 0.258. The summed E-state index contributed by atoms with van der Waals surface area (Å²) >= 11 is 0. The number of hydrogen-bond donors (Lipinski definition) is 3. The van der Waals surface area contributed by atoms with Crippen LogP contribution in [0.5, 0.6) is 0 Å². The Morgan fingerprint density at radius 3 is 2.25 bits per heavy atom. The van der Waals surface area contributed by atoms with Gasteiger partial charge in [-0.15, -0.1) is 0 Å². The van der Waals surface area contributed by atoms with Crippen LogP contribution >= 0.6 is 0 Å². The van der Waals surface area contributed by atoms with Crippen LogP contribution in [-0.4, -0.2) is 58.1 Å². The van der Waals surface area contributed by atoms with E-state index in [2.05, 4.69) is 0 Å². The van der Waals surface area contributed by atoms with Crippen LogP contribution in [0, 0.1) is 0 Å². The fourth-order valence-electron chi connectivity index (χ4n) is 3.03. The molecule has 0 unspecified atom stereocenters. The number of aliphatic carboxylic acids is 1. The van der Waals surface area contributed by atoms with E-state index in [1.165, 1.54) is 6.08 Å². The molecule has 0 radical (unpaired) electrons. The Hall–Kier alpha value is -1.93. The summed E-state index contributed by atoms with van der Waals surface area (Å²) in [5.74, 6) is -2.48. The predicted molar refractivity (Wildman–Crippen MR) is 100 cm³/mol. The lowest BCUT2D eigenvalue weighted by Crippen LogP contribution is -2.30. The van der Waals surface area contributed by atoms with Crippen LogP contribution in [0.1, 0.15) is 70.6 Å². The number of hydrogen-bond acceptors (Lipinski definition) is 7. The number of cyclic esters (lactones) is 1. The first-order valence-corrected chi connectivity index (χ1v) is 10.0. The summed E-state index contributed by atoms with van der Waals surface area (Å²) in [5, 5.41) is 28.3. The molecule has 1 aliphatic heterocycles. The summed E-state index contributed by atoms with van der Waals surface area (Å²) < 4.78 is 10.4. The average molecular weight is 400 g/mol. The third-order valence-electron chi connectivity index (χ3n) is 4.64. The van der Waals surface area contributed by atoms with Crippen LogP contribution in [0.3, 0.4) is 0 Å². The van der Waals surface area contributed by atoms with Crippen LogP contribution in [0.4, 0.5) is 0 Å². The molecule has 8 heteroatoms. The number of ether oxygens (including phenoxy) is 2. The van der Waals surface area contributed by atoms with Crippen LogP contribution in [0.15, 0.2) is 12.2 Å². The smallest absolute Gasteiger partial charge is 0.330 e. The van der Waals surface area contributed by atoms with Crippen LogP contribution in [-0.2, 0) is 23.9 Å². The second-order valence-corrected chi connectivity index (χ2v) is 7.07. The van der Waals surface area contributed by atoms with Gasteiger partial charge in [0.1, 0.15) is 18.3 Å². The fourth-order valence-corrected chi connectivity index (χ4v) is 3.03. The lowest BCUT2D eigenvalue weighted by Gasteiger charge is -2.21. The third kappa shape index (κ3) is 11.0. The van der Waals surface area contributed by atoms with E-state index in [0.29, 0.717) is 12.8 Å². The Balaban J connectivity index is 2.72. The molecule has 1 heterocycles. The Morgan fingerprint density at radius 1 is 1.04 bits per heavy atom. The van der Waals surface area contributed by atoms with Gasteiger partial charge >= 0.3 is 17.9 Å². The lowest BCUT2D eigenvalue weighted by molar-refractivity contribution is -0.156. The summed E-state index contributed by atoms with van der Waals surface area (Å²) in [6.45, 7) is -0.258. The first-order chi connectivity index (χ1) is 13.4. The van der Waals surface area contributed by atoms with Crippen molar-refractivity contribution in [1.29, 1.82) is 0 Å². The molecule has 0 aliphatic carbocycles. The summed E-state index contributed by atoms with van der Waals surface area (Å²) in [6, 6.07) is 0. The average Bonchev–Trinajstić information content (AvgIpc) is 2.66. The molecule has 28 heavy (non-hydrogen) atoms. The molecule has 0 aromatic heterocycles. The van der Waals surface area contributed by atoms with Gasteiger partial charge in [-0.05, 0) is 31.8 Å². The number of carboxylic acids is 1. The van der Waals surface area contributed by atoms with Gasteiger partial charge in [-0.1, -0.05) is 32.1 Å². The van der Waals surface area contributed by atoms with Crippen molar-refractivity contribution in [2.24, 2.45) is 0 Å². The predicted octanol–water partition coefficient (Wildman–Crippen LogP) is 2.11. The van der Waals surface area contributed by atoms with E-state index < -0.39 is 36.2 Å².